The Kier molecular flexibility index (Phi) is 6.26. The number of carbonyl (C=O) groups is 2. The molecule has 9 heteroatoms. The van der Waals surface area contributed by atoms with E-state index in [0.717, 1.165) is 11.8 Å². The second-order valence-electron chi connectivity index (χ2n) is 7.09. The number of halogens is 1. The zero-order valence-electron chi connectivity index (χ0n) is 16.1. The van der Waals surface area contributed by atoms with Crippen LogP contribution in [0.1, 0.15) is 33.2 Å². The lowest BCUT2D eigenvalue weighted by atomic mass is 10.1. The normalized spacial score (nSPS) is 14.6. The van der Waals surface area contributed by atoms with Crippen LogP contribution in [0.25, 0.3) is 0 Å². The first-order valence-electron chi connectivity index (χ1n) is 9.05. The molecule has 7 nitrogen and oxygen atoms in total. The maximum Gasteiger partial charge on any atom is 0.254 e. The smallest absolute Gasteiger partial charge is 0.254 e. The summed E-state index contributed by atoms with van der Waals surface area (Å²) in [5.41, 5.74) is 2.45. The number of anilines is 1. The predicted octanol–water partition coefficient (Wildman–Crippen LogP) is 2.53. The van der Waals surface area contributed by atoms with Gasteiger partial charge in [-0.25, -0.2) is 8.42 Å². The van der Waals surface area contributed by atoms with Crippen molar-refractivity contribution in [2.75, 3.05) is 24.1 Å². The molecule has 2 N–H and O–H groups in total. The summed E-state index contributed by atoms with van der Waals surface area (Å²) >= 11 is 5.98. The third-order valence-corrected chi connectivity index (χ3v) is 5.51. The van der Waals surface area contributed by atoms with Crippen molar-refractivity contribution in [3.63, 3.8) is 0 Å². The number of carbonyl (C=O) groups excluding carboxylic acids is 2. The van der Waals surface area contributed by atoms with Gasteiger partial charge >= 0.3 is 0 Å². The van der Waals surface area contributed by atoms with Crippen LogP contribution in [0.2, 0.25) is 5.02 Å². The number of nitrogens with zero attached hydrogens (tertiary/aromatic N) is 1. The van der Waals surface area contributed by atoms with Gasteiger partial charge in [0.25, 0.3) is 5.91 Å². The van der Waals surface area contributed by atoms with Crippen LogP contribution >= 0.6 is 11.6 Å². The van der Waals surface area contributed by atoms with E-state index in [0.29, 0.717) is 34.9 Å². The number of fused-ring (bicyclic) bond motifs is 1. The number of ketones is 1. The van der Waals surface area contributed by atoms with Crippen molar-refractivity contribution in [1.82, 2.24) is 10.2 Å². The predicted molar refractivity (Wildman–Crippen MR) is 113 cm³/mol. The van der Waals surface area contributed by atoms with Crippen molar-refractivity contribution in [3.8, 4) is 0 Å². The van der Waals surface area contributed by atoms with Gasteiger partial charge in [-0.1, -0.05) is 17.7 Å². The van der Waals surface area contributed by atoms with Crippen molar-refractivity contribution in [1.29, 1.82) is 0 Å². The summed E-state index contributed by atoms with van der Waals surface area (Å²) in [6, 6.07) is 11.5. The number of rotatable bonds is 8. The van der Waals surface area contributed by atoms with Crippen LogP contribution in [0.3, 0.4) is 0 Å². The molecular formula is C20H22ClN3O4S. The van der Waals surface area contributed by atoms with Crippen LogP contribution in [-0.4, -0.2) is 50.4 Å². The van der Waals surface area contributed by atoms with Crippen LogP contribution in [0, 0.1) is 0 Å². The largest absolute Gasteiger partial charge is 0.330 e. The molecule has 1 amide bonds. The highest BCUT2D eigenvalue weighted by atomic mass is 35.5. The topological polar surface area (TPSA) is 95.6 Å². The number of hydrogen-bond donors (Lipinski definition) is 2. The van der Waals surface area contributed by atoms with Crippen molar-refractivity contribution >= 4 is 39.0 Å². The summed E-state index contributed by atoms with van der Waals surface area (Å²) < 4.78 is 24.8. The summed E-state index contributed by atoms with van der Waals surface area (Å²) in [6.45, 7) is 3.03. The second kappa shape index (κ2) is 8.52. The molecule has 0 aromatic heterocycles. The quantitative estimate of drug-likeness (QED) is 0.621. The first-order valence-corrected chi connectivity index (χ1v) is 11.3. The molecule has 1 heterocycles. The molecule has 2 aromatic carbocycles. The first kappa shape index (κ1) is 21.3. The van der Waals surface area contributed by atoms with Crippen molar-refractivity contribution in [2.45, 2.75) is 19.5 Å². The number of hydrogen-bond acceptors (Lipinski definition) is 5. The third-order valence-electron chi connectivity index (χ3n) is 4.67. The molecule has 0 fully saturated rings. The number of nitrogens with one attached hydrogen (secondary N) is 2. The fraction of sp³-hybridized carbons (Fsp3) is 0.300. The van der Waals surface area contributed by atoms with E-state index in [1.165, 1.54) is 0 Å². The second-order valence-corrected chi connectivity index (χ2v) is 9.27. The maximum atomic E-state index is 12.6. The maximum absolute atomic E-state index is 12.6. The third kappa shape index (κ3) is 5.35. The van der Waals surface area contributed by atoms with Crippen LogP contribution < -0.4 is 10.0 Å². The summed E-state index contributed by atoms with van der Waals surface area (Å²) in [7, 11) is -3.36. The molecule has 2 aromatic rings. The average molecular weight is 436 g/mol. The number of sulfonamides is 1. The lowest BCUT2D eigenvalue weighted by molar-refractivity contribution is 0.0716. The van der Waals surface area contributed by atoms with Gasteiger partial charge in [-0.15, -0.1) is 0 Å². The molecule has 3 rings (SSSR count). The summed E-state index contributed by atoms with van der Waals surface area (Å²) in [5, 5.41) is 3.63. The van der Waals surface area contributed by atoms with E-state index in [1.54, 1.807) is 41.3 Å². The molecule has 154 valence electrons. The number of amides is 1. The fourth-order valence-electron chi connectivity index (χ4n) is 3.20. The van der Waals surface area contributed by atoms with Gasteiger partial charge in [0, 0.05) is 41.0 Å². The van der Waals surface area contributed by atoms with E-state index >= 15 is 0 Å². The lowest BCUT2D eigenvalue weighted by Gasteiger charge is -2.24. The number of Topliss-reactive ketones (excluding diaryl/α,β-unsaturated/α-hetero) is 1. The molecule has 1 aliphatic heterocycles. The SMILES string of the molecule is CC(CNCC(=O)c1ccc(NS(C)(=O)=O)cc1)N1Cc2ccc(Cl)cc2C1=O. The van der Waals surface area contributed by atoms with Gasteiger partial charge in [-0.2, -0.15) is 0 Å². The summed E-state index contributed by atoms with van der Waals surface area (Å²) in [5.74, 6) is -0.178. The molecule has 0 radical (unpaired) electrons. The van der Waals surface area contributed by atoms with E-state index in [1.807, 2.05) is 13.0 Å². The standard InChI is InChI=1S/C20H22ClN3O4S/c1-13(24-12-15-3-6-16(21)9-18(15)20(24)26)10-22-11-19(25)14-4-7-17(8-5-14)23-29(2,27)28/h3-9,13,22-23H,10-12H2,1-2H3. The van der Waals surface area contributed by atoms with Gasteiger partial charge in [-0.05, 0) is 48.9 Å². The Balaban J connectivity index is 1.51. The van der Waals surface area contributed by atoms with E-state index in [4.69, 9.17) is 11.6 Å². The van der Waals surface area contributed by atoms with Crippen molar-refractivity contribution in [3.05, 3.63) is 64.2 Å². The van der Waals surface area contributed by atoms with Crippen LogP contribution in [0.4, 0.5) is 5.69 Å². The van der Waals surface area contributed by atoms with E-state index in [-0.39, 0.29) is 24.3 Å². The number of benzene rings is 2. The Labute approximate surface area is 175 Å². The average Bonchev–Trinajstić information content (AvgIpc) is 2.97. The molecule has 0 bridgehead atoms. The van der Waals surface area contributed by atoms with Gasteiger partial charge in [-0.3, -0.25) is 14.3 Å². The summed E-state index contributed by atoms with van der Waals surface area (Å²) in [6.07, 6.45) is 1.06. The van der Waals surface area contributed by atoms with Gasteiger partial charge in [0.05, 0.1) is 12.8 Å². The van der Waals surface area contributed by atoms with Crippen molar-refractivity contribution < 1.29 is 18.0 Å². The molecule has 0 spiro atoms. The van der Waals surface area contributed by atoms with Gasteiger partial charge < -0.3 is 10.2 Å². The Morgan fingerprint density at radius 1 is 1.21 bits per heavy atom. The Morgan fingerprint density at radius 2 is 1.90 bits per heavy atom. The minimum Gasteiger partial charge on any atom is -0.330 e. The zero-order chi connectivity index (χ0) is 21.2. The Bertz CT molecular complexity index is 1040. The Hall–Kier alpha value is -2.42. The lowest BCUT2D eigenvalue weighted by Crippen LogP contribution is -2.41. The van der Waals surface area contributed by atoms with E-state index in [9.17, 15) is 18.0 Å². The molecule has 0 saturated heterocycles. The highest BCUT2D eigenvalue weighted by molar-refractivity contribution is 7.92. The van der Waals surface area contributed by atoms with Crippen LogP contribution in [0.15, 0.2) is 42.5 Å². The minimum absolute atomic E-state index is 0.0582. The molecule has 1 unspecified atom stereocenters. The van der Waals surface area contributed by atoms with Gasteiger partial charge in [0.2, 0.25) is 10.0 Å². The van der Waals surface area contributed by atoms with Crippen LogP contribution in [-0.2, 0) is 16.6 Å². The minimum atomic E-state index is -3.36. The van der Waals surface area contributed by atoms with E-state index in [2.05, 4.69) is 10.0 Å². The molecule has 1 atom stereocenters. The summed E-state index contributed by atoms with van der Waals surface area (Å²) in [4.78, 5) is 26.6. The molecular weight excluding hydrogens is 414 g/mol. The molecule has 0 saturated carbocycles. The highest BCUT2D eigenvalue weighted by Gasteiger charge is 2.30. The van der Waals surface area contributed by atoms with Gasteiger partial charge in [0.15, 0.2) is 5.78 Å². The Morgan fingerprint density at radius 3 is 2.55 bits per heavy atom. The van der Waals surface area contributed by atoms with Gasteiger partial charge in [0.1, 0.15) is 0 Å². The monoisotopic (exact) mass is 435 g/mol. The van der Waals surface area contributed by atoms with Crippen LogP contribution in [0.5, 0.6) is 0 Å². The molecule has 0 aliphatic carbocycles. The fourth-order valence-corrected chi connectivity index (χ4v) is 3.93. The molecule has 29 heavy (non-hydrogen) atoms. The van der Waals surface area contributed by atoms with Crippen molar-refractivity contribution in [2.24, 2.45) is 0 Å². The first-order chi connectivity index (χ1) is 13.6. The van der Waals surface area contributed by atoms with E-state index < -0.39 is 10.0 Å². The molecule has 1 aliphatic rings. The highest BCUT2D eigenvalue weighted by Crippen LogP contribution is 2.27. The zero-order valence-corrected chi connectivity index (χ0v) is 17.7.